The number of furan rings is 1. The highest BCUT2D eigenvalue weighted by Crippen LogP contribution is 2.27. The van der Waals surface area contributed by atoms with Gasteiger partial charge in [0.15, 0.2) is 11.3 Å². The molecule has 7 heteroatoms. The molecule has 0 radical (unpaired) electrons. The van der Waals surface area contributed by atoms with Crippen LogP contribution in [0.25, 0.3) is 33.5 Å². The molecule has 0 atom stereocenters. The van der Waals surface area contributed by atoms with E-state index in [0.717, 1.165) is 27.7 Å². The number of amides is 2. The predicted molar refractivity (Wildman–Crippen MR) is 143 cm³/mol. The van der Waals surface area contributed by atoms with Crippen molar-refractivity contribution in [1.82, 2.24) is 4.98 Å². The molecule has 0 spiro atoms. The molecule has 2 heterocycles. The first kappa shape index (κ1) is 22.3. The Balaban J connectivity index is 1.13. The van der Waals surface area contributed by atoms with Crippen molar-refractivity contribution >= 4 is 45.3 Å². The number of rotatable bonds is 5. The summed E-state index contributed by atoms with van der Waals surface area (Å²) in [5, 5.41) is 3.66. The molecule has 2 aromatic heterocycles. The van der Waals surface area contributed by atoms with E-state index in [2.05, 4.69) is 10.3 Å². The van der Waals surface area contributed by atoms with E-state index in [0.29, 0.717) is 22.7 Å². The number of hydrogen-bond donors (Lipinski definition) is 1. The topological polar surface area (TPSA) is 88.6 Å². The fraction of sp³-hybridized carbons (Fsp3) is 0.0333. The molecule has 1 N–H and O–H groups in total. The van der Waals surface area contributed by atoms with Crippen molar-refractivity contribution in [3.05, 3.63) is 114 Å². The van der Waals surface area contributed by atoms with Crippen LogP contribution in [-0.4, -0.2) is 23.8 Å². The lowest BCUT2D eigenvalue weighted by molar-refractivity contribution is 0.0989. The Morgan fingerprint density at radius 3 is 2.22 bits per heavy atom. The molecule has 2 amide bonds. The minimum absolute atomic E-state index is 0.176. The quantitative estimate of drug-likeness (QED) is 0.290. The zero-order valence-corrected chi connectivity index (χ0v) is 19.8. The molecule has 0 fully saturated rings. The summed E-state index contributed by atoms with van der Waals surface area (Å²) in [6.45, 7) is 0. The van der Waals surface area contributed by atoms with E-state index < -0.39 is 0 Å². The summed E-state index contributed by atoms with van der Waals surface area (Å²) >= 11 is 0. The first-order valence-electron chi connectivity index (χ1n) is 11.7. The van der Waals surface area contributed by atoms with Gasteiger partial charge in [0.1, 0.15) is 11.1 Å². The number of oxazole rings is 1. The molecule has 0 saturated heterocycles. The highest BCUT2D eigenvalue weighted by molar-refractivity contribution is 6.07. The van der Waals surface area contributed by atoms with Crippen LogP contribution in [-0.2, 0) is 0 Å². The van der Waals surface area contributed by atoms with Gasteiger partial charge in [-0.1, -0.05) is 30.3 Å². The third kappa shape index (κ3) is 4.34. The van der Waals surface area contributed by atoms with Crippen LogP contribution < -0.4 is 10.2 Å². The summed E-state index contributed by atoms with van der Waals surface area (Å²) in [5.41, 5.74) is 4.78. The first-order chi connectivity index (χ1) is 18.0. The standard InChI is InChI=1S/C30H21N3O4/c1-33(23-16-12-19(13-17-23)29-32-24-7-3-5-9-26(24)37-29)30(35)20-10-14-22(15-11-20)31-28(34)27-18-21-6-2-4-8-25(21)36-27/h2-18H,1H3,(H,31,34). The smallest absolute Gasteiger partial charge is 0.291 e. The maximum atomic E-state index is 13.1. The Bertz CT molecular complexity index is 1680. The van der Waals surface area contributed by atoms with Gasteiger partial charge >= 0.3 is 0 Å². The summed E-state index contributed by atoms with van der Waals surface area (Å²) in [7, 11) is 1.72. The summed E-state index contributed by atoms with van der Waals surface area (Å²) in [6, 6.07) is 30.9. The summed E-state index contributed by atoms with van der Waals surface area (Å²) in [6.07, 6.45) is 0. The molecule has 4 aromatic carbocycles. The second kappa shape index (κ2) is 9.13. The molecular weight excluding hydrogens is 466 g/mol. The molecule has 7 nitrogen and oxygen atoms in total. The van der Waals surface area contributed by atoms with E-state index in [1.807, 2.05) is 72.8 Å². The van der Waals surface area contributed by atoms with Gasteiger partial charge in [-0.25, -0.2) is 4.98 Å². The number of anilines is 2. The summed E-state index contributed by atoms with van der Waals surface area (Å²) in [5.74, 6) is 0.223. The minimum Gasteiger partial charge on any atom is -0.451 e. The zero-order chi connectivity index (χ0) is 25.4. The predicted octanol–water partition coefficient (Wildman–Crippen LogP) is 6.77. The number of hydrogen-bond acceptors (Lipinski definition) is 5. The number of benzene rings is 4. The highest BCUT2D eigenvalue weighted by atomic mass is 16.4. The molecule has 6 aromatic rings. The lowest BCUT2D eigenvalue weighted by Gasteiger charge is -2.18. The van der Waals surface area contributed by atoms with E-state index in [4.69, 9.17) is 8.83 Å². The van der Waals surface area contributed by atoms with Gasteiger partial charge in [-0.3, -0.25) is 9.59 Å². The molecule has 0 saturated carbocycles. The van der Waals surface area contributed by atoms with Crippen LogP contribution in [0.4, 0.5) is 11.4 Å². The van der Waals surface area contributed by atoms with Gasteiger partial charge in [0.25, 0.3) is 11.8 Å². The van der Waals surface area contributed by atoms with E-state index in [1.165, 1.54) is 0 Å². The van der Waals surface area contributed by atoms with Gasteiger partial charge in [0, 0.05) is 34.9 Å². The number of carbonyl (C=O) groups excluding carboxylic acids is 2. The van der Waals surface area contributed by atoms with Crippen molar-refractivity contribution in [2.24, 2.45) is 0 Å². The third-order valence-corrected chi connectivity index (χ3v) is 6.14. The van der Waals surface area contributed by atoms with E-state index in [-0.39, 0.29) is 17.6 Å². The number of fused-ring (bicyclic) bond motifs is 2. The molecule has 37 heavy (non-hydrogen) atoms. The van der Waals surface area contributed by atoms with E-state index in [9.17, 15) is 9.59 Å². The second-order valence-electron chi connectivity index (χ2n) is 8.58. The Kier molecular flexibility index (Phi) is 5.50. The molecule has 180 valence electrons. The van der Waals surface area contributed by atoms with Crippen molar-refractivity contribution in [3.8, 4) is 11.5 Å². The lowest BCUT2D eigenvalue weighted by Crippen LogP contribution is -2.26. The van der Waals surface area contributed by atoms with Crippen molar-refractivity contribution in [2.45, 2.75) is 0 Å². The number of aromatic nitrogens is 1. The van der Waals surface area contributed by atoms with Crippen molar-refractivity contribution in [1.29, 1.82) is 0 Å². The summed E-state index contributed by atoms with van der Waals surface area (Å²) < 4.78 is 11.4. The molecule has 0 unspecified atom stereocenters. The zero-order valence-electron chi connectivity index (χ0n) is 19.8. The Morgan fingerprint density at radius 1 is 0.784 bits per heavy atom. The fourth-order valence-electron chi connectivity index (χ4n) is 4.12. The van der Waals surface area contributed by atoms with Gasteiger partial charge in [-0.05, 0) is 72.8 Å². The third-order valence-electron chi connectivity index (χ3n) is 6.14. The molecule has 6 rings (SSSR count). The van der Waals surface area contributed by atoms with E-state index >= 15 is 0 Å². The van der Waals surface area contributed by atoms with Crippen LogP contribution >= 0.6 is 0 Å². The molecule has 0 aliphatic carbocycles. The van der Waals surface area contributed by atoms with Crippen LogP contribution in [0.1, 0.15) is 20.9 Å². The Morgan fingerprint density at radius 2 is 1.49 bits per heavy atom. The molecule has 0 aliphatic heterocycles. The van der Waals surface area contributed by atoms with Crippen molar-refractivity contribution in [3.63, 3.8) is 0 Å². The van der Waals surface area contributed by atoms with Crippen LogP contribution in [0.3, 0.4) is 0 Å². The fourth-order valence-corrected chi connectivity index (χ4v) is 4.12. The SMILES string of the molecule is CN(C(=O)c1ccc(NC(=O)c2cc3ccccc3o2)cc1)c1ccc(-c2nc3ccccc3o2)cc1. The second-order valence-corrected chi connectivity index (χ2v) is 8.58. The average Bonchev–Trinajstić information content (AvgIpc) is 3.57. The van der Waals surface area contributed by atoms with Gasteiger partial charge < -0.3 is 19.1 Å². The Labute approximate surface area is 212 Å². The molecule has 0 aliphatic rings. The Hall–Kier alpha value is -5.17. The largest absolute Gasteiger partial charge is 0.451 e. The van der Waals surface area contributed by atoms with Crippen molar-refractivity contribution < 1.29 is 18.4 Å². The van der Waals surface area contributed by atoms with Crippen LogP contribution in [0.5, 0.6) is 0 Å². The number of nitrogens with zero attached hydrogens (tertiary/aromatic N) is 2. The average molecular weight is 488 g/mol. The first-order valence-corrected chi connectivity index (χ1v) is 11.7. The van der Waals surface area contributed by atoms with Gasteiger partial charge in [0.2, 0.25) is 5.89 Å². The van der Waals surface area contributed by atoms with Gasteiger partial charge in [0.05, 0.1) is 0 Å². The van der Waals surface area contributed by atoms with Crippen LogP contribution in [0.2, 0.25) is 0 Å². The maximum absolute atomic E-state index is 13.1. The van der Waals surface area contributed by atoms with Crippen LogP contribution in [0, 0.1) is 0 Å². The van der Waals surface area contributed by atoms with Crippen molar-refractivity contribution in [2.75, 3.05) is 17.3 Å². The lowest BCUT2D eigenvalue weighted by atomic mass is 10.1. The number of carbonyl (C=O) groups is 2. The maximum Gasteiger partial charge on any atom is 0.291 e. The van der Waals surface area contributed by atoms with Gasteiger partial charge in [-0.15, -0.1) is 0 Å². The number of para-hydroxylation sites is 3. The monoisotopic (exact) mass is 487 g/mol. The van der Waals surface area contributed by atoms with Crippen LogP contribution in [0.15, 0.2) is 112 Å². The normalized spacial score (nSPS) is 11.1. The molecular formula is C30H21N3O4. The van der Waals surface area contributed by atoms with E-state index in [1.54, 1.807) is 42.3 Å². The molecule has 0 bridgehead atoms. The summed E-state index contributed by atoms with van der Waals surface area (Å²) in [4.78, 5) is 31.7. The van der Waals surface area contributed by atoms with Gasteiger partial charge in [-0.2, -0.15) is 0 Å². The highest BCUT2D eigenvalue weighted by Gasteiger charge is 2.16. The number of nitrogens with one attached hydrogen (secondary N) is 1. The minimum atomic E-state index is -0.355.